The van der Waals surface area contributed by atoms with Crippen LogP contribution in [0.2, 0.25) is 0 Å². The van der Waals surface area contributed by atoms with Crippen LogP contribution in [0.25, 0.3) is 0 Å². The molecule has 0 radical (unpaired) electrons. The second-order valence-electron chi connectivity index (χ2n) is 5.50. The third-order valence-corrected chi connectivity index (χ3v) is 4.03. The highest BCUT2D eigenvalue weighted by Crippen LogP contribution is 2.24. The van der Waals surface area contributed by atoms with E-state index in [0.717, 1.165) is 24.4 Å². The van der Waals surface area contributed by atoms with Crippen LogP contribution in [0.5, 0.6) is 0 Å². The van der Waals surface area contributed by atoms with E-state index >= 15 is 0 Å². The monoisotopic (exact) mass is 265 g/mol. The summed E-state index contributed by atoms with van der Waals surface area (Å²) in [5, 5.41) is 13.7. The average molecular weight is 265 g/mol. The third-order valence-electron chi connectivity index (χ3n) is 4.03. The van der Waals surface area contributed by atoms with Crippen molar-refractivity contribution < 1.29 is 9.90 Å². The number of nitrogens with zero attached hydrogens (tertiary/aromatic N) is 3. The van der Waals surface area contributed by atoms with Crippen molar-refractivity contribution in [3.05, 3.63) is 17.5 Å². The number of aliphatic hydroxyl groups is 1. The molecule has 1 aliphatic rings. The van der Waals surface area contributed by atoms with Gasteiger partial charge in [0.15, 0.2) is 0 Å². The number of aryl methyl sites for hydroxylation is 3. The predicted octanol–water partition coefficient (Wildman–Crippen LogP) is 1.12. The molecule has 5 nitrogen and oxygen atoms in total. The highest BCUT2D eigenvalue weighted by atomic mass is 16.3. The summed E-state index contributed by atoms with van der Waals surface area (Å²) in [5.74, 6) is 0.513. The van der Waals surface area contributed by atoms with E-state index < -0.39 is 0 Å². The van der Waals surface area contributed by atoms with Gasteiger partial charge in [-0.2, -0.15) is 5.10 Å². The number of hydrogen-bond donors (Lipinski definition) is 1. The van der Waals surface area contributed by atoms with Crippen molar-refractivity contribution in [3.8, 4) is 0 Å². The molecule has 1 aliphatic heterocycles. The standard InChI is InChI=1S/C14H23N3O2/c1-10-4-6-16(13(10)9-18)14(19)5-7-17-12(3)8-11(2)15-17/h8,10,13,18H,4-7,9H2,1-3H3. The second-order valence-corrected chi connectivity index (χ2v) is 5.50. The summed E-state index contributed by atoms with van der Waals surface area (Å²) >= 11 is 0. The van der Waals surface area contributed by atoms with E-state index in [-0.39, 0.29) is 18.6 Å². The minimum absolute atomic E-state index is 0.00652. The zero-order valence-electron chi connectivity index (χ0n) is 12.0. The van der Waals surface area contributed by atoms with E-state index in [1.54, 1.807) is 0 Å². The van der Waals surface area contributed by atoms with Gasteiger partial charge in [0, 0.05) is 25.2 Å². The summed E-state index contributed by atoms with van der Waals surface area (Å²) in [5.41, 5.74) is 2.06. The van der Waals surface area contributed by atoms with Crippen LogP contribution in [0.1, 0.15) is 31.2 Å². The maximum Gasteiger partial charge on any atom is 0.224 e. The van der Waals surface area contributed by atoms with Crippen LogP contribution in [0, 0.1) is 19.8 Å². The van der Waals surface area contributed by atoms with Gasteiger partial charge in [0.05, 0.1) is 18.3 Å². The number of carbonyl (C=O) groups excluding carboxylic acids is 1. The molecular weight excluding hydrogens is 242 g/mol. The Balaban J connectivity index is 1.93. The second kappa shape index (κ2) is 5.74. The summed E-state index contributed by atoms with van der Waals surface area (Å²) in [7, 11) is 0. The Labute approximate surface area is 114 Å². The zero-order chi connectivity index (χ0) is 14.0. The summed E-state index contributed by atoms with van der Waals surface area (Å²) in [6.07, 6.45) is 1.43. The first-order chi connectivity index (χ1) is 9.02. The lowest BCUT2D eigenvalue weighted by Gasteiger charge is -2.25. The zero-order valence-corrected chi connectivity index (χ0v) is 12.0. The maximum atomic E-state index is 12.2. The molecular formula is C14H23N3O2. The van der Waals surface area contributed by atoms with E-state index in [0.29, 0.717) is 18.9 Å². The molecule has 5 heteroatoms. The van der Waals surface area contributed by atoms with Gasteiger partial charge < -0.3 is 10.0 Å². The Hall–Kier alpha value is -1.36. The fourth-order valence-electron chi connectivity index (χ4n) is 2.84. The van der Waals surface area contributed by atoms with Crippen LogP contribution in [-0.4, -0.2) is 44.9 Å². The smallest absolute Gasteiger partial charge is 0.224 e. The fourth-order valence-corrected chi connectivity index (χ4v) is 2.84. The largest absolute Gasteiger partial charge is 0.394 e. The molecule has 0 spiro atoms. The predicted molar refractivity (Wildman–Crippen MR) is 72.7 cm³/mol. The third kappa shape index (κ3) is 2.97. The van der Waals surface area contributed by atoms with Crippen molar-refractivity contribution >= 4 is 5.91 Å². The van der Waals surface area contributed by atoms with Crippen LogP contribution in [0.15, 0.2) is 6.07 Å². The molecule has 0 aromatic carbocycles. The van der Waals surface area contributed by atoms with Gasteiger partial charge in [0.25, 0.3) is 0 Å². The highest BCUT2D eigenvalue weighted by molar-refractivity contribution is 5.76. The van der Waals surface area contributed by atoms with Gasteiger partial charge in [-0.1, -0.05) is 6.92 Å². The Morgan fingerprint density at radius 2 is 2.26 bits per heavy atom. The molecule has 1 aromatic heterocycles. The Morgan fingerprint density at radius 1 is 1.53 bits per heavy atom. The Morgan fingerprint density at radius 3 is 2.84 bits per heavy atom. The van der Waals surface area contributed by atoms with E-state index in [9.17, 15) is 9.90 Å². The molecule has 2 rings (SSSR count). The molecule has 0 saturated carbocycles. The van der Waals surface area contributed by atoms with Crippen molar-refractivity contribution in [2.45, 2.75) is 46.2 Å². The first kappa shape index (κ1) is 14.1. The number of hydrogen-bond acceptors (Lipinski definition) is 3. The van der Waals surface area contributed by atoms with E-state index in [1.807, 2.05) is 29.5 Å². The average Bonchev–Trinajstić information content (AvgIpc) is 2.89. The first-order valence-electron chi connectivity index (χ1n) is 6.94. The van der Waals surface area contributed by atoms with Gasteiger partial charge in [0.2, 0.25) is 5.91 Å². The number of aliphatic hydroxyl groups excluding tert-OH is 1. The molecule has 106 valence electrons. The lowest BCUT2D eigenvalue weighted by molar-refractivity contribution is -0.133. The van der Waals surface area contributed by atoms with Crippen molar-refractivity contribution in [2.24, 2.45) is 5.92 Å². The first-order valence-corrected chi connectivity index (χ1v) is 6.94. The van der Waals surface area contributed by atoms with Crippen LogP contribution in [0.3, 0.4) is 0 Å². The molecule has 0 bridgehead atoms. The summed E-state index contributed by atoms with van der Waals surface area (Å²) < 4.78 is 1.88. The SMILES string of the molecule is Cc1cc(C)n(CCC(=O)N2CCC(C)C2CO)n1. The van der Waals surface area contributed by atoms with Crippen molar-refractivity contribution in [2.75, 3.05) is 13.2 Å². The molecule has 1 N–H and O–H groups in total. The molecule has 2 atom stereocenters. The van der Waals surface area contributed by atoms with E-state index in [4.69, 9.17) is 0 Å². The quantitative estimate of drug-likeness (QED) is 0.887. The van der Waals surface area contributed by atoms with Crippen LogP contribution in [0.4, 0.5) is 0 Å². The summed E-state index contributed by atoms with van der Waals surface area (Å²) in [6, 6.07) is 2.01. The van der Waals surface area contributed by atoms with Crippen molar-refractivity contribution in [3.63, 3.8) is 0 Å². The van der Waals surface area contributed by atoms with Gasteiger partial charge in [-0.25, -0.2) is 0 Å². The minimum Gasteiger partial charge on any atom is -0.394 e. The van der Waals surface area contributed by atoms with Crippen LogP contribution < -0.4 is 0 Å². The molecule has 19 heavy (non-hydrogen) atoms. The van der Waals surface area contributed by atoms with Gasteiger partial charge >= 0.3 is 0 Å². The van der Waals surface area contributed by atoms with E-state index in [2.05, 4.69) is 12.0 Å². The van der Waals surface area contributed by atoms with Gasteiger partial charge in [0.1, 0.15) is 0 Å². The maximum absolute atomic E-state index is 12.2. The van der Waals surface area contributed by atoms with Gasteiger partial charge in [-0.15, -0.1) is 0 Å². The molecule has 2 unspecified atom stereocenters. The number of amides is 1. The fraction of sp³-hybridized carbons (Fsp3) is 0.714. The highest BCUT2D eigenvalue weighted by Gasteiger charge is 2.33. The Kier molecular flexibility index (Phi) is 4.24. The van der Waals surface area contributed by atoms with Crippen LogP contribution >= 0.6 is 0 Å². The van der Waals surface area contributed by atoms with Gasteiger partial charge in [-0.05, 0) is 32.3 Å². The van der Waals surface area contributed by atoms with Crippen molar-refractivity contribution in [1.82, 2.24) is 14.7 Å². The molecule has 1 amide bonds. The van der Waals surface area contributed by atoms with Crippen molar-refractivity contribution in [1.29, 1.82) is 0 Å². The minimum atomic E-state index is -0.00652. The number of likely N-dealkylation sites (tertiary alicyclic amines) is 1. The van der Waals surface area contributed by atoms with E-state index in [1.165, 1.54) is 0 Å². The lowest BCUT2D eigenvalue weighted by Crippen LogP contribution is -2.40. The Bertz CT molecular complexity index is 456. The number of rotatable bonds is 4. The number of carbonyl (C=O) groups is 1. The summed E-state index contributed by atoms with van der Waals surface area (Å²) in [6.45, 7) is 7.49. The molecule has 1 aromatic rings. The summed E-state index contributed by atoms with van der Waals surface area (Å²) in [4.78, 5) is 14.1. The lowest BCUT2D eigenvalue weighted by atomic mass is 10.0. The molecule has 2 heterocycles. The normalized spacial score (nSPS) is 23.1. The topological polar surface area (TPSA) is 58.4 Å². The number of aromatic nitrogens is 2. The molecule has 0 aliphatic carbocycles. The molecule has 1 fully saturated rings. The van der Waals surface area contributed by atoms with Crippen LogP contribution in [-0.2, 0) is 11.3 Å². The molecule has 1 saturated heterocycles. The van der Waals surface area contributed by atoms with Gasteiger partial charge in [-0.3, -0.25) is 9.48 Å².